The highest BCUT2D eigenvalue weighted by Gasteiger charge is 2.22. The van der Waals surface area contributed by atoms with E-state index in [0.29, 0.717) is 27.3 Å². The first-order chi connectivity index (χ1) is 11.9. The number of thiophene rings is 1. The van der Waals surface area contributed by atoms with Crippen LogP contribution in [0.5, 0.6) is 0 Å². The highest BCUT2D eigenvalue weighted by atomic mass is 32.1. The Labute approximate surface area is 148 Å². The molecule has 0 saturated carbocycles. The van der Waals surface area contributed by atoms with E-state index in [1.54, 1.807) is 27.7 Å². The van der Waals surface area contributed by atoms with E-state index in [-0.39, 0.29) is 19.0 Å². The molecule has 2 heterocycles. The summed E-state index contributed by atoms with van der Waals surface area (Å²) in [6, 6.07) is 0. The van der Waals surface area contributed by atoms with E-state index in [1.807, 2.05) is 0 Å². The van der Waals surface area contributed by atoms with Gasteiger partial charge >= 0.3 is 11.9 Å². The maximum absolute atomic E-state index is 12.4. The van der Waals surface area contributed by atoms with Crippen molar-refractivity contribution in [1.82, 2.24) is 9.97 Å². The molecule has 0 aliphatic rings. The third kappa shape index (κ3) is 4.23. The topological polar surface area (TPSA) is 108 Å². The Balaban J connectivity index is 2.33. The van der Waals surface area contributed by atoms with Crippen LogP contribution in [-0.2, 0) is 19.0 Å². The molecular weight excluding hydrogens is 348 g/mol. The molecule has 9 heteroatoms. The van der Waals surface area contributed by atoms with E-state index < -0.39 is 23.6 Å². The summed E-state index contributed by atoms with van der Waals surface area (Å²) >= 11 is 1.08. The zero-order chi connectivity index (χ0) is 18.6. The summed E-state index contributed by atoms with van der Waals surface area (Å²) in [5, 5.41) is 0.338. The standard InChI is InChI=1S/C16H20N2O6S/c1-5-22-7-10(19)24-9(4)13-17-14(20)11-8(3)12(16(21)23-6-2)25-15(11)18-13/h9H,5-7H2,1-4H3,(H,17,18,20)/t9-/m1/s1. The fraction of sp³-hybridized carbons (Fsp3) is 0.500. The van der Waals surface area contributed by atoms with E-state index in [2.05, 4.69) is 9.97 Å². The van der Waals surface area contributed by atoms with E-state index in [0.717, 1.165) is 11.3 Å². The summed E-state index contributed by atoms with van der Waals surface area (Å²) in [5.41, 5.74) is 0.136. The fourth-order valence-corrected chi connectivity index (χ4v) is 3.30. The second-order valence-electron chi connectivity index (χ2n) is 5.18. The highest BCUT2D eigenvalue weighted by Crippen LogP contribution is 2.28. The molecule has 0 amide bonds. The normalized spacial score (nSPS) is 12.2. The molecule has 0 aromatic carbocycles. The molecule has 25 heavy (non-hydrogen) atoms. The Morgan fingerprint density at radius 2 is 2.00 bits per heavy atom. The van der Waals surface area contributed by atoms with Crippen molar-refractivity contribution in [3.63, 3.8) is 0 Å². The predicted octanol–water partition coefficient (Wildman–Crippen LogP) is 2.11. The summed E-state index contributed by atoms with van der Waals surface area (Å²) in [7, 11) is 0. The van der Waals surface area contributed by atoms with Gasteiger partial charge in [-0.05, 0) is 33.3 Å². The van der Waals surface area contributed by atoms with Crippen LogP contribution in [0.2, 0.25) is 0 Å². The summed E-state index contributed by atoms with van der Waals surface area (Å²) in [6.45, 7) is 7.22. The predicted molar refractivity (Wildman–Crippen MR) is 91.9 cm³/mol. The lowest BCUT2D eigenvalue weighted by molar-refractivity contribution is -0.154. The monoisotopic (exact) mass is 368 g/mol. The number of carbonyl (C=O) groups excluding carboxylic acids is 2. The minimum Gasteiger partial charge on any atom is -0.462 e. The Hall–Kier alpha value is -2.26. The number of nitrogens with one attached hydrogen (secondary N) is 1. The molecule has 2 aromatic heterocycles. The van der Waals surface area contributed by atoms with Gasteiger partial charge in [-0.15, -0.1) is 11.3 Å². The van der Waals surface area contributed by atoms with Gasteiger partial charge in [-0.2, -0.15) is 0 Å². The van der Waals surface area contributed by atoms with Crippen LogP contribution < -0.4 is 5.56 Å². The number of fused-ring (bicyclic) bond motifs is 1. The molecule has 0 spiro atoms. The summed E-state index contributed by atoms with van der Waals surface area (Å²) in [4.78, 5) is 43.6. The highest BCUT2D eigenvalue weighted by molar-refractivity contribution is 7.20. The molecule has 0 aliphatic heterocycles. The Kier molecular flexibility index (Phi) is 6.27. The maximum Gasteiger partial charge on any atom is 0.348 e. The van der Waals surface area contributed by atoms with Gasteiger partial charge in [-0.25, -0.2) is 14.6 Å². The number of hydrogen-bond acceptors (Lipinski definition) is 8. The van der Waals surface area contributed by atoms with E-state index in [4.69, 9.17) is 14.2 Å². The molecule has 8 nitrogen and oxygen atoms in total. The quantitative estimate of drug-likeness (QED) is 0.746. The van der Waals surface area contributed by atoms with Crippen LogP contribution >= 0.6 is 11.3 Å². The number of nitrogens with zero attached hydrogens (tertiary/aromatic N) is 1. The van der Waals surface area contributed by atoms with Crippen LogP contribution in [-0.4, -0.2) is 41.7 Å². The molecule has 2 aromatic rings. The maximum atomic E-state index is 12.4. The van der Waals surface area contributed by atoms with Gasteiger partial charge in [0.15, 0.2) is 11.9 Å². The molecule has 0 fully saturated rings. The zero-order valence-corrected chi connectivity index (χ0v) is 15.3. The molecule has 1 N–H and O–H groups in total. The van der Waals surface area contributed by atoms with Crippen molar-refractivity contribution in [1.29, 1.82) is 0 Å². The Bertz CT molecular complexity index is 841. The number of hydrogen-bond donors (Lipinski definition) is 1. The van der Waals surface area contributed by atoms with Crippen LogP contribution in [0.25, 0.3) is 10.2 Å². The van der Waals surface area contributed by atoms with Gasteiger partial charge < -0.3 is 19.2 Å². The average Bonchev–Trinajstić information content (AvgIpc) is 2.90. The number of esters is 2. The number of aromatic amines is 1. The second-order valence-corrected chi connectivity index (χ2v) is 6.18. The molecule has 0 bridgehead atoms. The SMILES string of the molecule is CCOCC(=O)O[C@H](C)c1nc2sc(C(=O)OCC)c(C)c2c(=O)[nH]1. The minimum absolute atomic E-state index is 0.168. The van der Waals surface area contributed by atoms with Gasteiger partial charge in [-0.3, -0.25) is 4.79 Å². The van der Waals surface area contributed by atoms with Crippen LogP contribution in [0.15, 0.2) is 4.79 Å². The number of ether oxygens (including phenoxy) is 3. The van der Waals surface area contributed by atoms with Crippen LogP contribution in [0.3, 0.4) is 0 Å². The van der Waals surface area contributed by atoms with Crippen LogP contribution in [0.4, 0.5) is 0 Å². The number of aromatic nitrogens is 2. The smallest absolute Gasteiger partial charge is 0.348 e. The Morgan fingerprint density at radius 3 is 2.64 bits per heavy atom. The van der Waals surface area contributed by atoms with E-state index in [9.17, 15) is 14.4 Å². The van der Waals surface area contributed by atoms with Crippen molar-refractivity contribution in [2.45, 2.75) is 33.8 Å². The lowest BCUT2D eigenvalue weighted by atomic mass is 10.2. The molecule has 0 radical (unpaired) electrons. The summed E-state index contributed by atoms with van der Waals surface area (Å²) < 4.78 is 15.2. The first-order valence-electron chi connectivity index (χ1n) is 7.86. The van der Waals surface area contributed by atoms with E-state index >= 15 is 0 Å². The average molecular weight is 368 g/mol. The zero-order valence-electron chi connectivity index (χ0n) is 14.5. The van der Waals surface area contributed by atoms with Gasteiger partial charge in [0.1, 0.15) is 16.3 Å². The molecule has 0 saturated heterocycles. The summed E-state index contributed by atoms with van der Waals surface area (Å²) in [5.74, 6) is -0.828. The van der Waals surface area contributed by atoms with Crippen molar-refractivity contribution < 1.29 is 23.8 Å². The van der Waals surface area contributed by atoms with E-state index in [1.165, 1.54) is 0 Å². The molecule has 1 atom stereocenters. The molecule has 136 valence electrons. The number of H-pyrrole nitrogens is 1. The lowest BCUT2D eigenvalue weighted by Gasteiger charge is -2.12. The minimum atomic E-state index is -0.751. The van der Waals surface area contributed by atoms with Crippen molar-refractivity contribution in [2.24, 2.45) is 0 Å². The fourth-order valence-electron chi connectivity index (χ4n) is 2.22. The largest absolute Gasteiger partial charge is 0.462 e. The first-order valence-corrected chi connectivity index (χ1v) is 8.68. The van der Waals surface area contributed by atoms with Gasteiger partial charge in [0.05, 0.1) is 12.0 Å². The number of carbonyl (C=O) groups is 2. The van der Waals surface area contributed by atoms with Gasteiger partial charge in [0, 0.05) is 6.61 Å². The van der Waals surface area contributed by atoms with Gasteiger partial charge in [0.2, 0.25) is 0 Å². The van der Waals surface area contributed by atoms with Crippen LogP contribution in [0.1, 0.15) is 47.9 Å². The first kappa shape index (κ1) is 19.1. The molecule has 0 aliphatic carbocycles. The van der Waals surface area contributed by atoms with Crippen molar-refractivity contribution in [3.8, 4) is 0 Å². The third-order valence-corrected chi connectivity index (χ3v) is 4.56. The molecular formula is C16H20N2O6S. The second kappa shape index (κ2) is 8.21. The van der Waals surface area contributed by atoms with Crippen molar-refractivity contribution >= 4 is 33.5 Å². The van der Waals surface area contributed by atoms with Crippen molar-refractivity contribution in [3.05, 3.63) is 26.6 Å². The van der Waals surface area contributed by atoms with Crippen molar-refractivity contribution in [2.75, 3.05) is 19.8 Å². The molecule has 0 unspecified atom stereocenters. The third-order valence-electron chi connectivity index (χ3n) is 3.40. The lowest BCUT2D eigenvalue weighted by Crippen LogP contribution is -2.19. The van der Waals surface area contributed by atoms with Gasteiger partial charge in [0.25, 0.3) is 5.56 Å². The Morgan fingerprint density at radius 1 is 1.28 bits per heavy atom. The molecule has 2 rings (SSSR count). The van der Waals surface area contributed by atoms with Crippen LogP contribution in [0, 0.1) is 6.92 Å². The van der Waals surface area contributed by atoms with Gasteiger partial charge in [-0.1, -0.05) is 0 Å². The summed E-state index contributed by atoms with van der Waals surface area (Å²) in [6.07, 6.45) is -0.751. The number of rotatable bonds is 7. The number of aryl methyl sites for hydroxylation is 1.